The Morgan fingerprint density at radius 1 is 0.227 bits per heavy atom. The molecule has 532 valence electrons. The molecule has 0 fully saturated rings. The maximum absolute atomic E-state index is 2.70. The Kier molecular flexibility index (Phi) is 16.0. The van der Waals surface area contributed by atoms with Crippen LogP contribution in [0.2, 0.25) is 0 Å². The number of nitrogens with zero attached hydrogens (tertiary/aromatic N) is 3. The van der Waals surface area contributed by atoms with Crippen molar-refractivity contribution in [1.29, 1.82) is 0 Å². The van der Waals surface area contributed by atoms with E-state index in [9.17, 15) is 0 Å². The molecular formula is C106H90BN3. The Hall–Kier alpha value is -12.2. The smallest absolute Gasteiger partial charge is 0.252 e. The SMILES string of the molecule is CC(C)(C)c1cc(-c2ccc3c(c2)N(c2cc(-c4ccccc4)cc(-c4ccccc4)c2)c2cc(-c4ccc(C(C)(C)C)cc4C(C)(C)C)cc4c2B3c2cc3c5ccccc5c5ccccc5c5cccc6c7ccccc7n(c3cc2N4c2cc(-c3ccccc3)cc(-c3ccccc3)c2)c56)cc(C(C)(C)C)c1. The zero-order chi connectivity index (χ0) is 75.3. The van der Waals surface area contributed by atoms with Crippen molar-refractivity contribution < 1.29 is 0 Å². The van der Waals surface area contributed by atoms with Gasteiger partial charge in [-0.1, -0.05) is 344 Å². The molecule has 15 aromatic carbocycles. The summed E-state index contributed by atoms with van der Waals surface area (Å²) in [5, 5.41) is 9.61. The number of rotatable bonds is 8. The number of hydrogen-bond acceptors (Lipinski definition) is 2. The minimum absolute atomic E-state index is 0.0939. The molecule has 0 unspecified atom stereocenters. The first-order valence-corrected chi connectivity index (χ1v) is 39.2. The summed E-state index contributed by atoms with van der Waals surface area (Å²) in [6.07, 6.45) is 0. The maximum Gasteiger partial charge on any atom is 0.252 e. The van der Waals surface area contributed by atoms with Crippen LogP contribution >= 0.6 is 0 Å². The summed E-state index contributed by atoms with van der Waals surface area (Å²) in [6.45, 7) is 28.1. The van der Waals surface area contributed by atoms with Gasteiger partial charge in [-0.3, -0.25) is 0 Å². The highest BCUT2D eigenvalue weighted by molar-refractivity contribution is 7.00. The Balaban J connectivity index is 1.04. The summed E-state index contributed by atoms with van der Waals surface area (Å²) < 4.78 is 2.64. The van der Waals surface area contributed by atoms with E-state index < -0.39 is 0 Å². The van der Waals surface area contributed by atoms with Gasteiger partial charge < -0.3 is 14.2 Å². The molecule has 0 bridgehead atoms. The molecule has 17 aromatic rings. The van der Waals surface area contributed by atoms with Crippen molar-refractivity contribution in [1.82, 2.24) is 4.40 Å². The molecule has 110 heavy (non-hydrogen) atoms. The standard InChI is InChI=1S/C106H90BN3/c1-103(2,3)78-49-50-83(92(64-78)106(10,11)12)77-61-99-101-100(62-77)109(82-58-74(69-36-21-15-22-37-69)53-75(59-82)70-38-23-16-24-39-70)98-66-96-91(87-43-28-26-41-85(87)84-40-25-27-42-86(84)89-45-31-46-90-88-44-29-30-47-95(88)110(96)102(89)90)65-94(98)107(101)93-51-48-71(76-54-79(104(4,5)6)63-80(55-76)105(7,8)9)60-97(93)108(99)81-56-72(67-32-17-13-18-33-67)52-73(57-81)68-34-19-14-20-35-68/h13-66H,1-12H3. The average Bonchev–Trinajstić information content (AvgIpc) is 0.976. The van der Waals surface area contributed by atoms with Gasteiger partial charge in [-0.2, -0.15) is 0 Å². The van der Waals surface area contributed by atoms with E-state index in [1.54, 1.807) is 0 Å². The summed E-state index contributed by atoms with van der Waals surface area (Å²) in [4.78, 5) is 5.40. The number of hydrogen-bond donors (Lipinski definition) is 0. The molecule has 3 nitrogen and oxygen atoms in total. The molecule has 0 spiro atoms. The van der Waals surface area contributed by atoms with Crippen LogP contribution in [0.25, 0.3) is 126 Å². The predicted octanol–water partition coefficient (Wildman–Crippen LogP) is 27.5. The van der Waals surface area contributed by atoms with Crippen LogP contribution in [0.1, 0.15) is 105 Å². The fourth-order valence-corrected chi connectivity index (χ4v) is 17.9. The third-order valence-electron chi connectivity index (χ3n) is 23.6. The van der Waals surface area contributed by atoms with Gasteiger partial charge in [0.05, 0.1) is 16.6 Å². The van der Waals surface area contributed by atoms with Crippen molar-refractivity contribution in [3.8, 4) is 66.8 Å². The van der Waals surface area contributed by atoms with E-state index in [4.69, 9.17) is 0 Å². The van der Waals surface area contributed by atoms with E-state index in [2.05, 4.69) is 425 Å². The molecule has 0 radical (unpaired) electrons. The number of aromatic nitrogens is 1. The lowest BCUT2D eigenvalue weighted by molar-refractivity contribution is 0.568. The summed E-state index contributed by atoms with van der Waals surface area (Å²) in [7, 11) is 0. The number of para-hydroxylation sites is 2. The van der Waals surface area contributed by atoms with Crippen molar-refractivity contribution >= 4 is 117 Å². The Bertz CT molecular complexity index is 6470. The third-order valence-corrected chi connectivity index (χ3v) is 23.6. The van der Waals surface area contributed by atoms with E-state index in [-0.39, 0.29) is 28.4 Å². The topological polar surface area (TPSA) is 10.9 Å². The Morgan fingerprint density at radius 3 is 1.10 bits per heavy atom. The second kappa shape index (κ2) is 25.7. The van der Waals surface area contributed by atoms with Gasteiger partial charge in [0.2, 0.25) is 0 Å². The molecule has 0 N–H and O–H groups in total. The first-order chi connectivity index (χ1) is 53.1. The Labute approximate surface area is 648 Å². The fourth-order valence-electron chi connectivity index (χ4n) is 17.9. The second-order valence-electron chi connectivity index (χ2n) is 34.9. The molecule has 2 aromatic heterocycles. The number of fused-ring (bicyclic) bond motifs is 14. The van der Waals surface area contributed by atoms with Crippen LogP contribution < -0.4 is 26.2 Å². The maximum atomic E-state index is 2.70. The fraction of sp³-hybridized carbons (Fsp3) is 0.151. The highest BCUT2D eigenvalue weighted by Gasteiger charge is 2.45. The van der Waals surface area contributed by atoms with Crippen molar-refractivity contribution in [2.45, 2.75) is 105 Å². The zero-order valence-corrected chi connectivity index (χ0v) is 65.1. The van der Waals surface area contributed by atoms with Crippen LogP contribution in [-0.2, 0) is 21.7 Å². The molecule has 0 aliphatic carbocycles. The minimum atomic E-state index is -0.292. The van der Waals surface area contributed by atoms with Gasteiger partial charge in [0.1, 0.15) is 0 Å². The van der Waals surface area contributed by atoms with Crippen LogP contribution in [0.3, 0.4) is 0 Å². The number of benzene rings is 15. The van der Waals surface area contributed by atoms with Gasteiger partial charge in [0.25, 0.3) is 6.71 Å². The van der Waals surface area contributed by atoms with Crippen LogP contribution in [-0.4, -0.2) is 11.1 Å². The molecule has 0 atom stereocenters. The largest absolute Gasteiger partial charge is 0.311 e. The second-order valence-corrected chi connectivity index (χ2v) is 34.9. The zero-order valence-electron chi connectivity index (χ0n) is 65.1. The van der Waals surface area contributed by atoms with Gasteiger partial charge in [0, 0.05) is 55.7 Å². The van der Waals surface area contributed by atoms with Gasteiger partial charge in [0.15, 0.2) is 0 Å². The summed E-state index contributed by atoms with van der Waals surface area (Å²) >= 11 is 0. The molecule has 0 saturated carbocycles. The Morgan fingerprint density at radius 2 is 0.627 bits per heavy atom. The van der Waals surface area contributed by atoms with E-state index in [1.165, 1.54) is 104 Å². The van der Waals surface area contributed by atoms with Gasteiger partial charge in [-0.05, 0) is 215 Å². The third kappa shape index (κ3) is 11.6. The molecule has 4 heteroatoms. The van der Waals surface area contributed by atoms with E-state index in [0.29, 0.717) is 0 Å². The molecule has 0 amide bonds. The molecule has 0 saturated heterocycles. The first-order valence-electron chi connectivity index (χ1n) is 39.2. The van der Waals surface area contributed by atoms with Crippen LogP contribution in [0.4, 0.5) is 34.1 Å². The van der Waals surface area contributed by atoms with Crippen LogP contribution in [0.5, 0.6) is 0 Å². The monoisotopic (exact) mass is 1420 g/mol. The predicted molar refractivity (Wildman–Crippen MR) is 475 cm³/mol. The molecular weight excluding hydrogens is 1330 g/mol. The highest BCUT2D eigenvalue weighted by Crippen LogP contribution is 2.52. The van der Waals surface area contributed by atoms with E-state index in [1.807, 2.05) is 0 Å². The summed E-state index contributed by atoms with van der Waals surface area (Å²) in [5.74, 6) is 0. The minimum Gasteiger partial charge on any atom is -0.311 e. The normalized spacial score (nSPS) is 13.0. The van der Waals surface area contributed by atoms with Gasteiger partial charge in [-0.25, -0.2) is 0 Å². The van der Waals surface area contributed by atoms with Crippen LogP contribution in [0.15, 0.2) is 328 Å². The van der Waals surface area contributed by atoms with Crippen molar-refractivity contribution in [3.05, 3.63) is 350 Å². The number of anilines is 6. The summed E-state index contributed by atoms with van der Waals surface area (Å²) in [6, 6.07) is 126. The molecule has 19 rings (SSSR count). The molecule has 2 aliphatic heterocycles. The lowest BCUT2D eigenvalue weighted by Crippen LogP contribution is -2.61. The van der Waals surface area contributed by atoms with E-state index in [0.717, 1.165) is 95.2 Å². The average molecular weight is 1420 g/mol. The van der Waals surface area contributed by atoms with Gasteiger partial charge in [-0.15, -0.1) is 0 Å². The quantitative estimate of drug-likeness (QED) is 0.140. The first kappa shape index (κ1) is 68.3. The van der Waals surface area contributed by atoms with Crippen molar-refractivity contribution in [2.75, 3.05) is 9.80 Å². The molecule has 2 aliphatic rings. The highest BCUT2D eigenvalue weighted by atomic mass is 15.2. The summed E-state index contributed by atoms with van der Waals surface area (Å²) in [5.41, 5.74) is 32.5. The van der Waals surface area contributed by atoms with Gasteiger partial charge >= 0.3 is 0 Å². The van der Waals surface area contributed by atoms with Crippen molar-refractivity contribution in [2.24, 2.45) is 0 Å². The van der Waals surface area contributed by atoms with E-state index >= 15 is 0 Å². The lowest BCUT2D eigenvalue weighted by Gasteiger charge is -2.45. The van der Waals surface area contributed by atoms with Crippen LogP contribution in [0, 0.1) is 0 Å². The van der Waals surface area contributed by atoms with Crippen molar-refractivity contribution in [3.63, 3.8) is 0 Å². The molecule has 4 heterocycles. The lowest BCUT2D eigenvalue weighted by atomic mass is 9.33.